The molecule has 0 aliphatic heterocycles. The molecule has 0 bridgehead atoms. The number of hydrogen-bond donors (Lipinski definition) is 0. The maximum atomic E-state index is 4.03. The Morgan fingerprint density at radius 2 is 1.37 bits per heavy atom. The van der Waals surface area contributed by atoms with Crippen LogP contribution in [0.2, 0.25) is 0 Å². The average Bonchev–Trinajstić information content (AvgIpc) is 3.46. The lowest BCUT2D eigenvalue weighted by molar-refractivity contribution is 0.243. The summed E-state index contributed by atoms with van der Waals surface area (Å²) in [4.78, 5) is 0. The monoisotopic (exact) mass is 452 g/mol. The molecule has 4 aromatic carbocycles. The first-order valence-corrected chi connectivity index (χ1v) is 12.8. The average molecular weight is 453 g/mol. The number of unbranched alkanes of at least 4 members (excludes halogenated alkanes) is 1. The second-order valence-electron chi connectivity index (χ2n) is 10.2. The fraction of sp³-hybridized carbons (Fsp3) is 0.200. The van der Waals surface area contributed by atoms with Gasteiger partial charge in [0.15, 0.2) is 0 Å². The lowest BCUT2D eigenvalue weighted by Gasteiger charge is -2.51. The van der Waals surface area contributed by atoms with Crippen molar-refractivity contribution < 1.29 is 0 Å². The van der Waals surface area contributed by atoms with Gasteiger partial charge in [0.1, 0.15) is 0 Å². The van der Waals surface area contributed by atoms with Crippen molar-refractivity contribution in [3.05, 3.63) is 150 Å². The van der Waals surface area contributed by atoms with Gasteiger partial charge in [-0.15, -0.1) is 6.58 Å². The Hall–Kier alpha value is -3.64. The molecule has 2 aliphatic carbocycles. The molecule has 0 fully saturated rings. The third-order valence-electron chi connectivity index (χ3n) is 8.68. The standard InChI is InChI=1S/C35H32/c1-3-4-14-24-35(25-23-26-15-8-13-22-32(26)35)34(2,27-16-6-5-7-17-27)33-30-20-11-9-18-28(30)29-19-10-12-21-31(29)33/h3,5-13,15-23,25,33H,1,4,14,24H2,2H3. The highest BCUT2D eigenvalue weighted by Crippen LogP contribution is 2.63. The molecule has 0 spiro atoms. The van der Waals surface area contributed by atoms with Gasteiger partial charge in [-0.1, -0.05) is 128 Å². The van der Waals surface area contributed by atoms with Crippen molar-refractivity contribution >= 4 is 6.08 Å². The Morgan fingerprint density at radius 1 is 0.771 bits per heavy atom. The molecule has 2 unspecified atom stereocenters. The van der Waals surface area contributed by atoms with E-state index < -0.39 is 0 Å². The summed E-state index contributed by atoms with van der Waals surface area (Å²) in [5.41, 5.74) is 9.53. The van der Waals surface area contributed by atoms with E-state index in [2.05, 4.69) is 135 Å². The molecule has 0 N–H and O–H groups in total. The van der Waals surface area contributed by atoms with Gasteiger partial charge in [0.25, 0.3) is 0 Å². The van der Waals surface area contributed by atoms with E-state index in [-0.39, 0.29) is 16.7 Å². The lowest BCUT2D eigenvalue weighted by atomic mass is 9.50. The van der Waals surface area contributed by atoms with Gasteiger partial charge in [0.2, 0.25) is 0 Å². The van der Waals surface area contributed by atoms with Crippen LogP contribution in [0.4, 0.5) is 0 Å². The molecule has 2 aliphatic rings. The van der Waals surface area contributed by atoms with E-state index in [0.29, 0.717) is 0 Å². The molecule has 0 heteroatoms. The van der Waals surface area contributed by atoms with Crippen LogP contribution in [0.3, 0.4) is 0 Å². The summed E-state index contributed by atoms with van der Waals surface area (Å²) < 4.78 is 0. The van der Waals surface area contributed by atoms with Crippen molar-refractivity contribution in [3.8, 4) is 11.1 Å². The topological polar surface area (TPSA) is 0 Å². The Kier molecular flexibility index (Phi) is 5.33. The Bertz CT molecular complexity index is 1360. The van der Waals surface area contributed by atoms with Crippen LogP contribution in [0.25, 0.3) is 17.2 Å². The first kappa shape index (κ1) is 21.9. The maximum Gasteiger partial charge on any atom is 0.0244 e. The van der Waals surface area contributed by atoms with Gasteiger partial charge >= 0.3 is 0 Å². The van der Waals surface area contributed by atoms with Crippen LogP contribution in [0.1, 0.15) is 59.9 Å². The molecule has 0 amide bonds. The fourth-order valence-corrected chi connectivity index (χ4v) is 7.07. The molecule has 0 radical (unpaired) electrons. The van der Waals surface area contributed by atoms with Gasteiger partial charge in [0, 0.05) is 16.7 Å². The van der Waals surface area contributed by atoms with E-state index >= 15 is 0 Å². The summed E-state index contributed by atoms with van der Waals surface area (Å²) in [7, 11) is 0. The zero-order valence-corrected chi connectivity index (χ0v) is 20.5. The molecule has 2 atom stereocenters. The minimum atomic E-state index is -0.193. The number of hydrogen-bond acceptors (Lipinski definition) is 0. The zero-order chi connectivity index (χ0) is 23.9. The van der Waals surface area contributed by atoms with E-state index in [1.165, 1.54) is 38.9 Å². The second-order valence-corrected chi connectivity index (χ2v) is 10.2. The molecule has 0 nitrogen and oxygen atoms in total. The van der Waals surface area contributed by atoms with E-state index in [9.17, 15) is 0 Å². The summed E-state index contributed by atoms with van der Waals surface area (Å²) >= 11 is 0. The van der Waals surface area contributed by atoms with Gasteiger partial charge in [-0.25, -0.2) is 0 Å². The Morgan fingerprint density at radius 3 is 2.06 bits per heavy atom. The third-order valence-corrected chi connectivity index (χ3v) is 8.68. The van der Waals surface area contributed by atoms with E-state index in [0.717, 1.165) is 19.3 Å². The lowest BCUT2D eigenvalue weighted by Crippen LogP contribution is -2.49. The first-order chi connectivity index (χ1) is 17.2. The number of fused-ring (bicyclic) bond motifs is 4. The quantitative estimate of drug-likeness (QED) is 0.194. The molecule has 172 valence electrons. The minimum absolute atomic E-state index is 0.136. The van der Waals surface area contributed by atoms with Gasteiger partial charge < -0.3 is 0 Å². The van der Waals surface area contributed by atoms with E-state index in [4.69, 9.17) is 0 Å². The minimum Gasteiger partial charge on any atom is -0.103 e. The smallest absolute Gasteiger partial charge is 0.0244 e. The second kappa shape index (κ2) is 8.54. The van der Waals surface area contributed by atoms with Crippen molar-refractivity contribution in [2.75, 3.05) is 0 Å². The Balaban J connectivity index is 1.68. The largest absolute Gasteiger partial charge is 0.103 e. The summed E-state index contributed by atoms with van der Waals surface area (Å²) in [6.45, 7) is 6.57. The summed E-state index contributed by atoms with van der Waals surface area (Å²) in [5, 5.41) is 0. The molecule has 0 aromatic heterocycles. The Labute approximate surface area is 209 Å². The SMILES string of the molecule is C=CCCCC1(C(C)(c2ccccc2)C2c3ccccc3-c3ccccc32)C=Cc2ccccc21. The molecular weight excluding hydrogens is 420 g/mol. The molecule has 4 aromatic rings. The van der Waals surface area contributed by atoms with Crippen LogP contribution >= 0.6 is 0 Å². The molecule has 0 saturated heterocycles. The van der Waals surface area contributed by atoms with Gasteiger partial charge in [-0.05, 0) is 58.2 Å². The first-order valence-electron chi connectivity index (χ1n) is 12.8. The number of rotatable bonds is 7. The fourth-order valence-electron chi connectivity index (χ4n) is 7.07. The third kappa shape index (κ3) is 3.13. The normalized spacial score (nSPS) is 19.6. The van der Waals surface area contributed by atoms with Gasteiger partial charge in [0.05, 0.1) is 0 Å². The highest BCUT2D eigenvalue weighted by molar-refractivity contribution is 5.81. The van der Waals surface area contributed by atoms with Crippen LogP contribution in [-0.4, -0.2) is 0 Å². The number of benzene rings is 4. The highest BCUT2D eigenvalue weighted by Gasteiger charge is 2.57. The predicted molar refractivity (Wildman–Crippen MR) is 149 cm³/mol. The van der Waals surface area contributed by atoms with Gasteiger partial charge in [-0.3, -0.25) is 0 Å². The van der Waals surface area contributed by atoms with Crippen LogP contribution in [0.5, 0.6) is 0 Å². The maximum absolute atomic E-state index is 4.03. The molecule has 6 rings (SSSR count). The van der Waals surface area contributed by atoms with Crippen LogP contribution in [0.15, 0.2) is 122 Å². The predicted octanol–water partition coefficient (Wildman–Crippen LogP) is 9.08. The van der Waals surface area contributed by atoms with Crippen molar-refractivity contribution in [1.29, 1.82) is 0 Å². The van der Waals surface area contributed by atoms with Crippen LogP contribution in [0, 0.1) is 0 Å². The summed E-state index contributed by atoms with van der Waals surface area (Å²) in [6.07, 6.45) is 10.2. The summed E-state index contributed by atoms with van der Waals surface area (Å²) in [5.74, 6) is 0.247. The molecular formula is C35H32. The van der Waals surface area contributed by atoms with Crippen LogP contribution in [-0.2, 0) is 10.8 Å². The molecule has 0 heterocycles. The van der Waals surface area contributed by atoms with Crippen molar-refractivity contribution in [2.24, 2.45) is 0 Å². The van der Waals surface area contributed by atoms with Crippen molar-refractivity contribution in [2.45, 2.75) is 42.9 Å². The number of allylic oxidation sites excluding steroid dienone is 2. The van der Waals surface area contributed by atoms with E-state index in [1.807, 2.05) is 0 Å². The molecule has 35 heavy (non-hydrogen) atoms. The highest BCUT2D eigenvalue weighted by atomic mass is 14.6. The van der Waals surface area contributed by atoms with Crippen molar-refractivity contribution in [1.82, 2.24) is 0 Å². The van der Waals surface area contributed by atoms with E-state index in [1.54, 1.807) is 0 Å². The van der Waals surface area contributed by atoms with Crippen LogP contribution < -0.4 is 0 Å². The van der Waals surface area contributed by atoms with Gasteiger partial charge in [-0.2, -0.15) is 0 Å². The summed E-state index contributed by atoms with van der Waals surface area (Å²) in [6, 6.07) is 38.5. The van der Waals surface area contributed by atoms with Crippen molar-refractivity contribution in [3.63, 3.8) is 0 Å². The molecule has 0 saturated carbocycles. The zero-order valence-electron chi connectivity index (χ0n) is 20.5.